The Labute approximate surface area is 179 Å². The lowest BCUT2D eigenvalue weighted by Crippen LogP contribution is -2.25. The first-order valence-electron chi connectivity index (χ1n) is 9.29. The molecular formula is C23H19FN4OS. The van der Waals surface area contributed by atoms with Gasteiger partial charge in [0.25, 0.3) is 0 Å². The highest BCUT2D eigenvalue weighted by atomic mass is 32.1. The van der Waals surface area contributed by atoms with Crippen molar-refractivity contribution in [1.82, 2.24) is 14.8 Å². The van der Waals surface area contributed by atoms with Crippen molar-refractivity contribution in [3.05, 3.63) is 78.9 Å². The highest BCUT2D eigenvalue weighted by Crippen LogP contribution is 2.41. The Morgan fingerprint density at radius 3 is 2.20 bits per heavy atom. The summed E-state index contributed by atoms with van der Waals surface area (Å²) < 4.78 is 15.2. The van der Waals surface area contributed by atoms with Crippen LogP contribution in [-0.4, -0.2) is 20.7 Å². The minimum absolute atomic E-state index is 0.161. The van der Waals surface area contributed by atoms with Crippen molar-refractivity contribution >= 4 is 30.0 Å². The third-order valence-electron chi connectivity index (χ3n) is 4.74. The third-order valence-corrected chi connectivity index (χ3v) is 5.04. The molecule has 0 N–H and O–H groups in total. The number of benzene rings is 2. The van der Waals surface area contributed by atoms with Crippen molar-refractivity contribution in [3.8, 4) is 22.4 Å². The molecule has 0 atom stereocenters. The van der Waals surface area contributed by atoms with Crippen LogP contribution >= 0.6 is 12.6 Å². The number of halogens is 1. The highest BCUT2D eigenvalue weighted by molar-refractivity contribution is 7.80. The molecule has 0 aliphatic rings. The normalized spacial score (nSPS) is 10.8. The minimum Gasteiger partial charge on any atom is -0.274 e. The van der Waals surface area contributed by atoms with Gasteiger partial charge >= 0.3 is 0 Å². The average Bonchev–Trinajstić information content (AvgIpc) is 3.07. The molecule has 2 aromatic heterocycles. The number of nitrogens with zero attached hydrogens (tertiary/aromatic N) is 4. The van der Waals surface area contributed by atoms with Crippen molar-refractivity contribution in [3.63, 3.8) is 0 Å². The van der Waals surface area contributed by atoms with E-state index in [1.54, 1.807) is 41.2 Å². The molecule has 0 aliphatic carbocycles. The van der Waals surface area contributed by atoms with Gasteiger partial charge in [-0.1, -0.05) is 0 Å². The molecule has 0 saturated carbocycles. The van der Waals surface area contributed by atoms with Crippen molar-refractivity contribution in [1.29, 1.82) is 0 Å². The summed E-state index contributed by atoms with van der Waals surface area (Å²) in [4.78, 5) is 19.3. The van der Waals surface area contributed by atoms with E-state index in [1.807, 2.05) is 36.4 Å². The van der Waals surface area contributed by atoms with Crippen LogP contribution in [0.5, 0.6) is 0 Å². The monoisotopic (exact) mass is 418 g/mol. The maximum absolute atomic E-state index is 13.5. The number of rotatable bonds is 4. The number of anilines is 2. The Balaban J connectivity index is 2.00. The smallest absolute Gasteiger partial charge is 0.229 e. The first-order chi connectivity index (χ1) is 14.5. The first-order valence-corrected chi connectivity index (χ1v) is 9.73. The predicted molar refractivity (Wildman–Crippen MR) is 118 cm³/mol. The van der Waals surface area contributed by atoms with E-state index in [1.165, 1.54) is 19.1 Å². The van der Waals surface area contributed by atoms with Crippen LogP contribution < -0.4 is 4.90 Å². The topological polar surface area (TPSA) is 51.0 Å². The molecule has 0 spiro atoms. The van der Waals surface area contributed by atoms with E-state index >= 15 is 0 Å². The van der Waals surface area contributed by atoms with Crippen LogP contribution in [0.2, 0.25) is 0 Å². The summed E-state index contributed by atoms with van der Waals surface area (Å²) in [7, 11) is 1.79. The Morgan fingerprint density at radius 2 is 1.60 bits per heavy atom. The predicted octanol–water partition coefficient (Wildman–Crippen LogP) is 5.26. The number of pyridine rings is 1. The van der Waals surface area contributed by atoms with Gasteiger partial charge in [-0.05, 0) is 66.2 Å². The minimum atomic E-state index is -0.322. The maximum Gasteiger partial charge on any atom is 0.229 e. The average molecular weight is 418 g/mol. The van der Waals surface area contributed by atoms with Crippen molar-refractivity contribution in [2.24, 2.45) is 7.05 Å². The Morgan fingerprint density at radius 1 is 0.967 bits per heavy atom. The van der Waals surface area contributed by atoms with E-state index in [-0.39, 0.29) is 11.7 Å². The molecule has 0 unspecified atom stereocenters. The van der Waals surface area contributed by atoms with Crippen LogP contribution in [0.3, 0.4) is 0 Å². The fourth-order valence-electron chi connectivity index (χ4n) is 3.42. The lowest BCUT2D eigenvalue weighted by atomic mass is 10.0. The second kappa shape index (κ2) is 8.12. The van der Waals surface area contributed by atoms with Gasteiger partial charge in [0.05, 0.1) is 11.3 Å². The van der Waals surface area contributed by atoms with Gasteiger partial charge in [-0.15, -0.1) is 12.6 Å². The Bertz CT molecular complexity index is 1190. The number of hydrogen-bond acceptors (Lipinski definition) is 4. The fourth-order valence-corrected chi connectivity index (χ4v) is 3.57. The zero-order valence-corrected chi connectivity index (χ0v) is 17.3. The van der Waals surface area contributed by atoms with E-state index in [4.69, 9.17) is 5.10 Å². The molecule has 0 radical (unpaired) electrons. The molecular weight excluding hydrogens is 399 g/mol. The zero-order chi connectivity index (χ0) is 21.3. The van der Waals surface area contributed by atoms with Crippen molar-refractivity contribution < 1.29 is 9.18 Å². The number of aryl methyl sites for hydroxylation is 1. The first kappa shape index (κ1) is 19.8. The van der Waals surface area contributed by atoms with E-state index in [0.717, 1.165) is 21.6 Å². The van der Waals surface area contributed by atoms with E-state index in [2.05, 4.69) is 17.6 Å². The van der Waals surface area contributed by atoms with Gasteiger partial charge in [0.15, 0.2) is 0 Å². The van der Waals surface area contributed by atoms with Gasteiger partial charge in [0.1, 0.15) is 17.3 Å². The molecule has 0 fully saturated rings. The molecule has 4 aromatic rings. The molecule has 4 rings (SSSR count). The molecule has 0 saturated heterocycles. The molecule has 5 nitrogen and oxygen atoms in total. The number of amides is 1. The molecule has 30 heavy (non-hydrogen) atoms. The number of hydrogen-bond donors (Lipinski definition) is 1. The van der Waals surface area contributed by atoms with Crippen molar-refractivity contribution in [2.45, 2.75) is 11.8 Å². The Kier molecular flexibility index (Phi) is 5.37. The fraction of sp³-hybridized carbons (Fsp3) is 0.0870. The largest absolute Gasteiger partial charge is 0.274 e. The SMILES string of the molecule is CC(=O)N(c1ccc(S)cc1)c1c(-c2ccncc2)c(-c2ccc(F)cc2)nn1C. The summed E-state index contributed by atoms with van der Waals surface area (Å²) in [5.74, 6) is 0.128. The van der Waals surface area contributed by atoms with E-state index in [0.29, 0.717) is 17.2 Å². The quantitative estimate of drug-likeness (QED) is 0.460. The van der Waals surface area contributed by atoms with Crippen LogP contribution in [0.1, 0.15) is 6.92 Å². The third kappa shape index (κ3) is 3.71. The molecule has 7 heteroatoms. The van der Waals surface area contributed by atoms with Crippen LogP contribution in [0, 0.1) is 5.82 Å². The lowest BCUT2D eigenvalue weighted by Gasteiger charge is -2.23. The van der Waals surface area contributed by atoms with Crippen LogP contribution in [0.15, 0.2) is 78.0 Å². The summed E-state index contributed by atoms with van der Waals surface area (Å²) >= 11 is 4.34. The van der Waals surface area contributed by atoms with Gasteiger partial charge < -0.3 is 0 Å². The molecule has 150 valence electrons. The van der Waals surface area contributed by atoms with E-state index in [9.17, 15) is 9.18 Å². The van der Waals surface area contributed by atoms with Gasteiger partial charge in [-0.2, -0.15) is 5.10 Å². The molecule has 2 heterocycles. The van der Waals surface area contributed by atoms with Crippen LogP contribution in [0.4, 0.5) is 15.9 Å². The van der Waals surface area contributed by atoms with Gasteiger partial charge in [0.2, 0.25) is 5.91 Å². The van der Waals surface area contributed by atoms with Gasteiger partial charge in [-0.25, -0.2) is 4.39 Å². The summed E-state index contributed by atoms with van der Waals surface area (Å²) in [6.45, 7) is 1.51. The summed E-state index contributed by atoms with van der Waals surface area (Å²) in [5, 5.41) is 4.70. The summed E-state index contributed by atoms with van der Waals surface area (Å²) in [6, 6.07) is 17.2. The molecule has 0 bridgehead atoms. The maximum atomic E-state index is 13.5. The second-order valence-corrected chi connectivity index (χ2v) is 7.30. The number of carbonyl (C=O) groups is 1. The van der Waals surface area contributed by atoms with Crippen molar-refractivity contribution in [2.75, 3.05) is 4.90 Å². The standard InChI is InChI=1S/C23H19FN4OS/c1-15(29)28(19-7-9-20(30)10-8-19)23-21(16-11-13-25-14-12-16)22(26-27(23)2)17-3-5-18(24)6-4-17/h3-14,30H,1-2H3. The van der Waals surface area contributed by atoms with Crippen LogP contribution in [0.25, 0.3) is 22.4 Å². The molecule has 1 amide bonds. The molecule has 0 aliphatic heterocycles. The van der Waals surface area contributed by atoms with Crippen LogP contribution in [-0.2, 0) is 11.8 Å². The number of aromatic nitrogens is 3. The lowest BCUT2D eigenvalue weighted by molar-refractivity contribution is -0.115. The van der Waals surface area contributed by atoms with E-state index < -0.39 is 0 Å². The zero-order valence-electron chi connectivity index (χ0n) is 16.5. The second-order valence-electron chi connectivity index (χ2n) is 6.78. The van der Waals surface area contributed by atoms with Gasteiger partial charge in [0, 0.05) is 36.8 Å². The number of carbonyl (C=O) groups excluding carboxylic acids is 1. The number of thiol groups is 1. The summed E-state index contributed by atoms with van der Waals surface area (Å²) in [6.07, 6.45) is 3.38. The molecule has 2 aromatic carbocycles. The highest BCUT2D eigenvalue weighted by Gasteiger charge is 2.27. The summed E-state index contributed by atoms with van der Waals surface area (Å²) in [5.41, 5.74) is 3.71. The van der Waals surface area contributed by atoms with Gasteiger partial charge in [-0.3, -0.25) is 19.4 Å². The Hall–Kier alpha value is -3.45.